The van der Waals surface area contributed by atoms with E-state index in [1.165, 1.54) is 83.5 Å². The topological polar surface area (TPSA) is 18.5 Å². The van der Waals surface area contributed by atoms with Gasteiger partial charge in [-0.1, -0.05) is 89.9 Å². The molecule has 1 saturated heterocycles. The minimum absolute atomic E-state index is 0.299. The first kappa shape index (κ1) is 26.7. The minimum Gasteiger partial charge on any atom is -0.379 e. The molecule has 1 aliphatic rings. The fourth-order valence-corrected chi connectivity index (χ4v) is 4.00. The monoisotopic (exact) mass is 422 g/mol. The van der Waals surface area contributed by atoms with Crippen LogP contribution in [0.1, 0.15) is 122 Å². The summed E-state index contributed by atoms with van der Waals surface area (Å²) in [5, 5.41) is 0. The van der Waals surface area contributed by atoms with Crippen molar-refractivity contribution < 1.29 is 22.6 Å². The maximum absolute atomic E-state index is 12.0. The number of rotatable bonds is 20. The highest BCUT2D eigenvalue weighted by atomic mass is 19.4. The molecule has 174 valence electrons. The van der Waals surface area contributed by atoms with Crippen molar-refractivity contribution in [3.8, 4) is 0 Å². The van der Waals surface area contributed by atoms with Crippen LogP contribution in [0.15, 0.2) is 0 Å². The van der Waals surface area contributed by atoms with Crippen LogP contribution < -0.4 is 0 Å². The number of unbranched alkanes of at least 4 members (excludes halogenated alkanes) is 15. The number of hydrogen-bond donors (Lipinski definition) is 0. The second kappa shape index (κ2) is 18.5. The molecule has 0 radical (unpaired) electrons. The lowest BCUT2D eigenvalue weighted by Crippen LogP contribution is -2.14. The molecule has 1 aliphatic heterocycles. The van der Waals surface area contributed by atoms with Crippen molar-refractivity contribution in [3.05, 3.63) is 0 Å². The van der Waals surface area contributed by atoms with Crippen molar-refractivity contribution in [2.45, 2.75) is 134 Å². The molecule has 0 aromatic heterocycles. The van der Waals surface area contributed by atoms with Crippen LogP contribution in [-0.2, 0) is 9.47 Å². The van der Waals surface area contributed by atoms with Crippen molar-refractivity contribution in [3.63, 3.8) is 0 Å². The largest absolute Gasteiger partial charge is 0.389 e. The van der Waals surface area contributed by atoms with E-state index >= 15 is 0 Å². The molecule has 1 unspecified atom stereocenters. The van der Waals surface area contributed by atoms with Gasteiger partial charge in [0.2, 0.25) is 0 Å². The van der Waals surface area contributed by atoms with Crippen LogP contribution >= 0.6 is 0 Å². The molecule has 0 aromatic rings. The van der Waals surface area contributed by atoms with Crippen LogP contribution in [0.3, 0.4) is 0 Å². The molecule has 0 aromatic carbocycles. The van der Waals surface area contributed by atoms with Gasteiger partial charge in [0, 0.05) is 19.6 Å². The Hall–Kier alpha value is -0.290. The molecule has 0 saturated carbocycles. The molecule has 1 fully saturated rings. The van der Waals surface area contributed by atoms with Gasteiger partial charge in [-0.15, -0.1) is 0 Å². The highest BCUT2D eigenvalue weighted by Crippen LogP contribution is 2.23. The molecular weight excluding hydrogens is 377 g/mol. The molecule has 1 atom stereocenters. The lowest BCUT2D eigenvalue weighted by Gasteiger charge is -2.09. The number of hydrogen-bond acceptors (Lipinski definition) is 2. The quantitative estimate of drug-likeness (QED) is 0.183. The summed E-state index contributed by atoms with van der Waals surface area (Å²) in [5.74, 6) is 0. The van der Waals surface area contributed by atoms with E-state index in [0.29, 0.717) is 12.5 Å². The zero-order valence-electron chi connectivity index (χ0n) is 18.6. The van der Waals surface area contributed by atoms with E-state index in [1.54, 1.807) is 0 Å². The Labute approximate surface area is 177 Å². The molecule has 0 bridgehead atoms. The van der Waals surface area contributed by atoms with E-state index in [0.717, 1.165) is 45.5 Å². The Bertz CT molecular complexity index is 342. The summed E-state index contributed by atoms with van der Waals surface area (Å²) in [5.41, 5.74) is 0. The first-order chi connectivity index (χ1) is 14.1. The Morgan fingerprint density at radius 2 is 1.10 bits per heavy atom. The fourth-order valence-electron chi connectivity index (χ4n) is 4.00. The standard InChI is InChI=1S/C24H45F3O2/c25-24(26,27)19-15-13-11-9-7-5-3-1-2-4-6-8-10-12-14-16-20-28-22-23-18-17-21-29-23/h23H,1-22H2. The van der Waals surface area contributed by atoms with Crippen molar-refractivity contribution in [2.75, 3.05) is 19.8 Å². The Kier molecular flexibility index (Phi) is 17.0. The van der Waals surface area contributed by atoms with Gasteiger partial charge in [-0.2, -0.15) is 13.2 Å². The fraction of sp³-hybridized carbons (Fsp3) is 1.00. The van der Waals surface area contributed by atoms with Gasteiger partial charge in [0.25, 0.3) is 0 Å². The van der Waals surface area contributed by atoms with Gasteiger partial charge in [-0.3, -0.25) is 0 Å². The summed E-state index contributed by atoms with van der Waals surface area (Å²) in [7, 11) is 0. The van der Waals surface area contributed by atoms with Crippen LogP contribution in [0.2, 0.25) is 0 Å². The van der Waals surface area contributed by atoms with Crippen LogP contribution in [-0.4, -0.2) is 32.1 Å². The summed E-state index contributed by atoms with van der Waals surface area (Å²) in [6.07, 6.45) is 16.7. The molecule has 2 nitrogen and oxygen atoms in total. The number of ether oxygens (including phenoxy) is 2. The molecule has 29 heavy (non-hydrogen) atoms. The van der Waals surface area contributed by atoms with Crippen LogP contribution in [0.25, 0.3) is 0 Å². The Morgan fingerprint density at radius 1 is 0.655 bits per heavy atom. The van der Waals surface area contributed by atoms with E-state index in [1.807, 2.05) is 0 Å². The molecule has 0 amide bonds. The zero-order chi connectivity index (χ0) is 21.0. The first-order valence-electron chi connectivity index (χ1n) is 12.3. The third-order valence-corrected chi connectivity index (χ3v) is 5.83. The van der Waals surface area contributed by atoms with E-state index in [4.69, 9.17) is 9.47 Å². The molecule has 1 rings (SSSR count). The molecule has 5 heteroatoms. The third-order valence-electron chi connectivity index (χ3n) is 5.83. The summed E-state index contributed by atoms with van der Waals surface area (Å²) >= 11 is 0. The summed E-state index contributed by atoms with van der Waals surface area (Å²) in [6, 6.07) is 0. The second-order valence-electron chi connectivity index (χ2n) is 8.73. The number of alkyl halides is 3. The first-order valence-corrected chi connectivity index (χ1v) is 12.3. The normalized spacial score (nSPS) is 17.3. The summed E-state index contributed by atoms with van der Waals surface area (Å²) < 4.78 is 47.3. The maximum atomic E-state index is 12.0. The van der Waals surface area contributed by atoms with Crippen LogP contribution in [0.5, 0.6) is 0 Å². The SMILES string of the molecule is FC(F)(F)CCCCCCCCCCCCCCCCCCOCC1CCCO1. The summed E-state index contributed by atoms with van der Waals surface area (Å²) in [6.45, 7) is 2.57. The van der Waals surface area contributed by atoms with E-state index < -0.39 is 12.6 Å². The van der Waals surface area contributed by atoms with E-state index in [-0.39, 0.29) is 0 Å². The van der Waals surface area contributed by atoms with E-state index in [9.17, 15) is 13.2 Å². The van der Waals surface area contributed by atoms with Crippen molar-refractivity contribution >= 4 is 0 Å². The van der Waals surface area contributed by atoms with Gasteiger partial charge < -0.3 is 9.47 Å². The molecule has 1 heterocycles. The van der Waals surface area contributed by atoms with Crippen LogP contribution in [0, 0.1) is 0 Å². The van der Waals surface area contributed by atoms with Gasteiger partial charge in [-0.25, -0.2) is 0 Å². The van der Waals surface area contributed by atoms with Crippen molar-refractivity contribution in [1.82, 2.24) is 0 Å². The molecule has 0 N–H and O–H groups in total. The predicted molar refractivity (Wildman–Crippen MR) is 114 cm³/mol. The highest BCUT2D eigenvalue weighted by Gasteiger charge is 2.25. The van der Waals surface area contributed by atoms with Gasteiger partial charge in [0.1, 0.15) is 0 Å². The highest BCUT2D eigenvalue weighted by molar-refractivity contribution is 4.63. The molecular formula is C24H45F3O2. The second-order valence-corrected chi connectivity index (χ2v) is 8.73. The van der Waals surface area contributed by atoms with Gasteiger partial charge in [-0.05, 0) is 25.7 Å². The average molecular weight is 423 g/mol. The minimum atomic E-state index is -3.97. The van der Waals surface area contributed by atoms with Gasteiger partial charge in [0.05, 0.1) is 12.7 Å². The molecule has 0 spiro atoms. The number of halogens is 3. The lowest BCUT2D eigenvalue weighted by atomic mass is 10.0. The van der Waals surface area contributed by atoms with Crippen molar-refractivity contribution in [1.29, 1.82) is 0 Å². The smallest absolute Gasteiger partial charge is 0.379 e. The zero-order valence-corrected chi connectivity index (χ0v) is 18.6. The molecule has 0 aliphatic carbocycles. The Balaban J connectivity index is 1.64. The Morgan fingerprint density at radius 3 is 1.52 bits per heavy atom. The van der Waals surface area contributed by atoms with Gasteiger partial charge in [0.15, 0.2) is 0 Å². The van der Waals surface area contributed by atoms with Crippen LogP contribution in [0.4, 0.5) is 13.2 Å². The predicted octanol–water partition coefficient (Wildman–Crippen LogP) is 8.38. The van der Waals surface area contributed by atoms with E-state index in [2.05, 4.69) is 0 Å². The average Bonchev–Trinajstić information content (AvgIpc) is 3.19. The van der Waals surface area contributed by atoms with Crippen molar-refractivity contribution in [2.24, 2.45) is 0 Å². The lowest BCUT2D eigenvalue weighted by molar-refractivity contribution is -0.135. The summed E-state index contributed by atoms with van der Waals surface area (Å²) in [4.78, 5) is 0. The maximum Gasteiger partial charge on any atom is 0.389 e. The van der Waals surface area contributed by atoms with Gasteiger partial charge >= 0.3 is 6.18 Å². The third kappa shape index (κ3) is 19.4.